The van der Waals surface area contributed by atoms with Crippen molar-refractivity contribution >= 4 is 0 Å². The zero-order valence-electron chi connectivity index (χ0n) is 7.89. The summed E-state index contributed by atoms with van der Waals surface area (Å²) in [4.78, 5) is 8.64. The minimum absolute atomic E-state index is 0.902. The molecule has 12 heavy (non-hydrogen) atoms. The van der Waals surface area contributed by atoms with Crippen LogP contribution in [0.15, 0.2) is 6.07 Å². The summed E-state index contributed by atoms with van der Waals surface area (Å²) in [6.07, 6.45) is 0.902. The van der Waals surface area contributed by atoms with Gasteiger partial charge in [-0.25, -0.2) is 9.97 Å². The number of hydrogen-bond acceptors (Lipinski definition) is 3. The van der Waals surface area contributed by atoms with Crippen molar-refractivity contribution < 1.29 is 0 Å². The van der Waals surface area contributed by atoms with E-state index in [0.717, 1.165) is 30.2 Å². The van der Waals surface area contributed by atoms with Gasteiger partial charge in [0.25, 0.3) is 0 Å². The van der Waals surface area contributed by atoms with Gasteiger partial charge in [-0.15, -0.1) is 0 Å². The summed E-state index contributed by atoms with van der Waals surface area (Å²) in [5.74, 6) is 0.932. The smallest absolute Gasteiger partial charge is 0.130 e. The van der Waals surface area contributed by atoms with Gasteiger partial charge in [0, 0.05) is 24.4 Å². The van der Waals surface area contributed by atoms with Crippen LogP contribution in [0.5, 0.6) is 0 Å². The third kappa shape index (κ3) is 2.58. The van der Waals surface area contributed by atoms with E-state index in [4.69, 9.17) is 0 Å². The molecule has 1 aromatic heterocycles. The van der Waals surface area contributed by atoms with Crippen LogP contribution >= 0.6 is 0 Å². The van der Waals surface area contributed by atoms with Gasteiger partial charge in [0.15, 0.2) is 0 Å². The summed E-state index contributed by atoms with van der Waals surface area (Å²) in [6, 6.07) is 1.99. The van der Waals surface area contributed by atoms with Gasteiger partial charge in [-0.2, -0.15) is 0 Å². The highest BCUT2D eigenvalue weighted by Gasteiger charge is 1.97. The molecule has 66 valence electrons. The zero-order valence-corrected chi connectivity index (χ0v) is 7.89. The second kappa shape index (κ2) is 4.16. The molecule has 0 radical (unpaired) electrons. The van der Waals surface area contributed by atoms with E-state index in [9.17, 15) is 0 Å². The molecule has 0 atom stereocenters. The summed E-state index contributed by atoms with van der Waals surface area (Å²) in [5, 5.41) is 3.08. The van der Waals surface area contributed by atoms with Crippen LogP contribution in [0.1, 0.15) is 17.2 Å². The van der Waals surface area contributed by atoms with Gasteiger partial charge in [0.2, 0.25) is 0 Å². The SMILES string of the molecule is CNCCc1nc(C)cc(C)n1. The highest BCUT2D eigenvalue weighted by molar-refractivity contribution is 5.08. The molecule has 3 heteroatoms. The fourth-order valence-electron chi connectivity index (χ4n) is 1.15. The summed E-state index contributed by atoms with van der Waals surface area (Å²) in [6.45, 7) is 4.93. The first kappa shape index (κ1) is 9.13. The molecule has 0 unspecified atom stereocenters. The number of aromatic nitrogens is 2. The predicted molar refractivity (Wildman–Crippen MR) is 49.1 cm³/mol. The number of hydrogen-bond donors (Lipinski definition) is 1. The number of aryl methyl sites for hydroxylation is 2. The Kier molecular flexibility index (Phi) is 3.17. The highest BCUT2D eigenvalue weighted by Crippen LogP contribution is 1.98. The number of likely N-dealkylation sites (N-methyl/N-ethyl adjacent to an activating group) is 1. The third-order valence-corrected chi connectivity index (χ3v) is 1.63. The molecule has 0 aliphatic rings. The maximum absolute atomic E-state index is 4.32. The van der Waals surface area contributed by atoms with Crippen LogP contribution in [0.4, 0.5) is 0 Å². The normalized spacial score (nSPS) is 10.2. The van der Waals surface area contributed by atoms with Gasteiger partial charge in [-0.1, -0.05) is 0 Å². The standard InChI is InChI=1S/C9H15N3/c1-7-6-8(2)12-9(11-7)4-5-10-3/h6,10H,4-5H2,1-3H3. The first-order chi connectivity index (χ1) is 5.72. The monoisotopic (exact) mass is 165 g/mol. The predicted octanol–water partition coefficient (Wildman–Crippen LogP) is 0.855. The molecule has 0 aliphatic heterocycles. The van der Waals surface area contributed by atoms with E-state index >= 15 is 0 Å². The lowest BCUT2D eigenvalue weighted by molar-refractivity contribution is 0.747. The van der Waals surface area contributed by atoms with E-state index in [0.29, 0.717) is 0 Å². The Balaban J connectivity index is 2.72. The molecule has 1 aromatic rings. The zero-order chi connectivity index (χ0) is 8.97. The number of nitrogens with zero attached hydrogens (tertiary/aromatic N) is 2. The van der Waals surface area contributed by atoms with Gasteiger partial charge >= 0.3 is 0 Å². The molecule has 0 aliphatic carbocycles. The first-order valence-corrected chi connectivity index (χ1v) is 4.18. The maximum Gasteiger partial charge on any atom is 0.130 e. The molecule has 0 spiro atoms. The Bertz CT molecular complexity index is 238. The number of rotatable bonds is 3. The molecule has 0 aromatic carbocycles. The third-order valence-electron chi connectivity index (χ3n) is 1.63. The van der Waals surface area contributed by atoms with Gasteiger partial charge < -0.3 is 5.32 Å². The fourth-order valence-corrected chi connectivity index (χ4v) is 1.15. The summed E-state index contributed by atoms with van der Waals surface area (Å²) < 4.78 is 0. The highest BCUT2D eigenvalue weighted by atomic mass is 14.9. The fraction of sp³-hybridized carbons (Fsp3) is 0.556. The molecule has 1 N–H and O–H groups in total. The Hall–Kier alpha value is -0.960. The molecule has 0 fully saturated rings. The van der Waals surface area contributed by atoms with Crippen molar-refractivity contribution in [2.75, 3.05) is 13.6 Å². The van der Waals surface area contributed by atoms with Gasteiger partial charge in [-0.05, 0) is 27.0 Å². The molecule has 0 saturated heterocycles. The molecule has 1 heterocycles. The van der Waals surface area contributed by atoms with Crippen molar-refractivity contribution in [2.45, 2.75) is 20.3 Å². The van der Waals surface area contributed by atoms with Crippen LogP contribution in [0.25, 0.3) is 0 Å². The van der Waals surface area contributed by atoms with Crippen molar-refractivity contribution in [3.63, 3.8) is 0 Å². The van der Waals surface area contributed by atoms with E-state index in [-0.39, 0.29) is 0 Å². The van der Waals surface area contributed by atoms with Crippen molar-refractivity contribution in [3.8, 4) is 0 Å². The Labute approximate surface area is 73.2 Å². The second-order valence-corrected chi connectivity index (χ2v) is 2.92. The van der Waals surface area contributed by atoms with E-state index in [1.54, 1.807) is 0 Å². The van der Waals surface area contributed by atoms with Crippen LogP contribution in [0.2, 0.25) is 0 Å². The van der Waals surface area contributed by atoms with E-state index in [1.807, 2.05) is 27.0 Å². The van der Waals surface area contributed by atoms with E-state index in [1.165, 1.54) is 0 Å². The Morgan fingerprint density at radius 1 is 1.25 bits per heavy atom. The van der Waals surface area contributed by atoms with Gasteiger partial charge in [-0.3, -0.25) is 0 Å². The second-order valence-electron chi connectivity index (χ2n) is 2.92. The lowest BCUT2D eigenvalue weighted by atomic mass is 10.3. The Morgan fingerprint density at radius 3 is 2.33 bits per heavy atom. The lowest BCUT2D eigenvalue weighted by Crippen LogP contribution is -2.12. The average Bonchev–Trinajstić information content (AvgIpc) is 1.99. The molecular formula is C9H15N3. The Morgan fingerprint density at radius 2 is 1.83 bits per heavy atom. The van der Waals surface area contributed by atoms with Crippen molar-refractivity contribution in [2.24, 2.45) is 0 Å². The quantitative estimate of drug-likeness (QED) is 0.721. The van der Waals surface area contributed by atoms with Crippen LogP contribution < -0.4 is 5.32 Å². The van der Waals surface area contributed by atoms with E-state index in [2.05, 4.69) is 15.3 Å². The first-order valence-electron chi connectivity index (χ1n) is 4.18. The van der Waals surface area contributed by atoms with Crippen molar-refractivity contribution in [1.29, 1.82) is 0 Å². The van der Waals surface area contributed by atoms with Gasteiger partial charge in [0.05, 0.1) is 0 Å². The summed E-state index contributed by atoms with van der Waals surface area (Å²) in [5.41, 5.74) is 2.10. The molecular weight excluding hydrogens is 150 g/mol. The van der Waals surface area contributed by atoms with E-state index < -0.39 is 0 Å². The molecule has 1 rings (SSSR count). The topological polar surface area (TPSA) is 37.8 Å². The van der Waals surface area contributed by atoms with Crippen LogP contribution in [-0.4, -0.2) is 23.6 Å². The van der Waals surface area contributed by atoms with Crippen LogP contribution in [0, 0.1) is 13.8 Å². The van der Waals surface area contributed by atoms with Crippen LogP contribution in [0.3, 0.4) is 0 Å². The van der Waals surface area contributed by atoms with Crippen molar-refractivity contribution in [1.82, 2.24) is 15.3 Å². The molecule has 3 nitrogen and oxygen atoms in total. The molecule has 0 saturated carbocycles. The minimum Gasteiger partial charge on any atom is -0.319 e. The minimum atomic E-state index is 0.902. The molecule has 0 amide bonds. The maximum atomic E-state index is 4.32. The average molecular weight is 165 g/mol. The molecule has 0 bridgehead atoms. The summed E-state index contributed by atoms with van der Waals surface area (Å²) in [7, 11) is 1.93. The largest absolute Gasteiger partial charge is 0.319 e. The van der Waals surface area contributed by atoms with Gasteiger partial charge in [0.1, 0.15) is 5.82 Å². The van der Waals surface area contributed by atoms with Crippen LogP contribution in [-0.2, 0) is 6.42 Å². The summed E-state index contributed by atoms with van der Waals surface area (Å²) >= 11 is 0. The lowest BCUT2D eigenvalue weighted by Gasteiger charge is -2.01. The number of nitrogens with one attached hydrogen (secondary N) is 1. The van der Waals surface area contributed by atoms with Crippen molar-refractivity contribution in [3.05, 3.63) is 23.3 Å².